The molecular formula is C19H26N2O2. The lowest BCUT2D eigenvalue weighted by Crippen LogP contribution is -2.55. The summed E-state index contributed by atoms with van der Waals surface area (Å²) < 4.78 is 5.35. The highest BCUT2D eigenvalue weighted by atomic mass is 16.3. The molecule has 0 bridgehead atoms. The van der Waals surface area contributed by atoms with E-state index in [4.69, 9.17) is 4.42 Å². The van der Waals surface area contributed by atoms with Crippen LogP contribution < -0.4 is 0 Å². The van der Waals surface area contributed by atoms with Gasteiger partial charge in [0.25, 0.3) is 0 Å². The minimum Gasteiger partial charge on any atom is -0.465 e. The molecule has 4 heteroatoms. The molecule has 1 aromatic heterocycles. The van der Waals surface area contributed by atoms with E-state index in [1.54, 1.807) is 6.26 Å². The standard InChI is InChI=1S/C19H26N2O2/c22-19(15-7-8-15)21-12-9-18-16(14-21)4-1-10-20(18)11-2-5-17-6-3-13-23-17/h2-3,5-6,13,15-16,18H,1,4,7-12,14H2/b5-2+/t16-,18+/m1/s1. The van der Waals surface area contributed by atoms with Gasteiger partial charge in [0, 0.05) is 31.6 Å². The number of rotatable bonds is 4. The number of nitrogens with zero attached hydrogens (tertiary/aromatic N) is 2. The van der Waals surface area contributed by atoms with Crippen LogP contribution in [-0.2, 0) is 4.79 Å². The van der Waals surface area contributed by atoms with Gasteiger partial charge in [0.1, 0.15) is 5.76 Å². The molecule has 0 spiro atoms. The molecule has 4 rings (SSSR count). The molecule has 23 heavy (non-hydrogen) atoms. The Hall–Kier alpha value is -1.55. The molecular weight excluding hydrogens is 288 g/mol. The van der Waals surface area contributed by atoms with Gasteiger partial charge in [-0.3, -0.25) is 9.69 Å². The number of carbonyl (C=O) groups is 1. The van der Waals surface area contributed by atoms with Gasteiger partial charge < -0.3 is 9.32 Å². The Kier molecular flexibility index (Phi) is 4.25. The molecule has 1 aliphatic carbocycles. The highest BCUT2D eigenvalue weighted by Crippen LogP contribution is 2.35. The Morgan fingerprint density at radius 1 is 1.26 bits per heavy atom. The fourth-order valence-corrected chi connectivity index (χ4v) is 4.21. The fourth-order valence-electron chi connectivity index (χ4n) is 4.21. The topological polar surface area (TPSA) is 36.7 Å². The van der Waals surface area contributed by atoms with Gasteiger partial charge in [0.05, 0.1) is 6.26 Å². The van der Waals surface area contributed by atoms with Crippen molar-refractivity contribution in [1.82, 2.24) is 9.80 Å². The Bertz CT molecular complexity index is 562. The van der Waals surface area contributed by atoms with E-state index in [0.717, 1.165) is 44.7 Å². The van der Waals surface area contributed by atoms with Crippen molar-refractivity contribution in [3.63, 3.8) is 0 Å². The highest BCUT2D eigenvalue weighted by molar-refractivity contribution is 5.81. The number of piperidine rings is 2. The first-order valence-electron chi connectivity index (χ1n) is 9.04. The molecule has 4 nitrogen and oxygen atoms in total. The minimum absolute atomic E-state index is 0.363. The first-order chi connectivity index (χ1) is 11.3. The van der Waals surface area contributed by atoms with Crippen LogP contribution in [0.4, 0.5) is 0 Å². The highest BCUT2D eigenvalue weighted by Gasteiger charge is 2.40. The van der Waals surface area contributed by atoms with E-state index in [9.17, 15) is 4.79 Å². The Morgan fingerprint density at radius 3 is 2.96 bits per heavy atom. The van der Waals surface area contributed by atoms with E-state index in [0.29, 0.717) is 23.8 Å². The summed E-state index contributed by atoms with van der Waals surface area (Å²) in [6.45, 7) is 4.10. The van der Waals surface area contributed by atoms with Crippen molar-refractivity contribution in [3.05, 3.63) is 30.2 Å². The average molecular weight is 314 g/mol. The van der Waals surface area contributed by atoms with Gasteiger partial charge in [-0.2, -0.15) is 0 Å². The molecule has 2 aliphatic heterocycles. The predicted octanol–water partition coefficient (Wildman–Crippen LogP) is 3.02. The maximum absolute atomic E-state index is 12.3. The van der Waals surface area contributed by atoms with Crippen molar-refractivity contribution < 1.29 is 9.21 Å². The third-order valence-electron chi connectivity index (χ3n) is 5.59. The van der Waals surface area contributed by atoms with Crippen LogP contribution in [0.3, 0.4) is 0 Å². The average Bonchev–Trinajstić information content (AvgIpc) is 3.31. The molecule has 3 fully saturated rings. The second-order valence-corrected chi connectivity index (χ2v) is 7.23. The van der Waals surface area contributed by atoms with E-state index >= 15 is 0 Å². The normalized spacial score (nSPS) is 29.0. The monoisotopic (exact) mass is 314 g/mol. The molecule has 124 valence electrons. The predicted molar refractivity (Wildman–Crippen MR) is 89.7 cm³/mol. The first-order valence-corrected chi connectivity index (χ1v) is 9.04. The van der Waals surface area contributed by atoms with Gasteiger partial charge in [0.2, 0.25) is 5.91 Å². The summed E-state index contributed by atoms with van der Waals surface area (Å²) in [5.41, 5.74) is 0. The second-order valence-electron chi connectivity index (χ2n) is 7.23. The van der Waals surface area contributed by atoms with Crippen LogP contribution in [0.5, 0.6) is 0 Å². The smallest absolute Gasteiger partial charge is 0.225 e. The lowest BCUT2D eigenvalue weighted by atomic mass is 9.83. The van der Waals surface area contributed by atoms with E-state index in [2.05, 4.69) is 22.0 Å². The molecule has 1 saturated carbocycles. The van der Waals surface area contributed by atoms with Crippen molar-refractivity contribution >= 4 is 12.0 Å². The van der Waals surface area contributed by atoms with Gasteiger partial charge in [-0.25, -0.2) is 0 Å². The van der Waals surface area contributed by atoms with Crippen LogP contribution in [-0.4, -0.2) is 47.9 Å². The number of hydrogen-bond acceptors (Lipinski definition) is 3. The molecule has 2 atom stereocenters. The number of carbonyl (C=O) groups excluding carboxylic acids is 1. The summed E-state index contributed by atoms with van der Waals surface area (Å²) in [4.78, 5) is 17.1. The van der Waals surface area contributed by atoms with Gasteiger partial charge >= 0.3 is 0 Å². The number of amides is 1. The van der Waals surface area contributed by atoms with Crippen molar-refractivity contribution in [2.75, 3.05) is 26.2 Å². The Labute approximate surface area is 138 Å². The third kappa shape index (κ3) is 3.37. The molecule has 0 radical (unpaired) electrons. The van der Waals surface area contributed by atoms with Gasteiger partial charge in [0.15, 0.2) is 0 Å². The second kappa shape index (κ2) is 6.52. The van der Waals surface area contributed by atoms with Gasteiger partial charge in [-0.05, 0) is 62.8 Å². The maximum atomic E-state index is 12.3. The first kappa shape index (κ1) is 15.0. The maximum Gasteiger partial charge on any atom is 0.225 e. The Morgan fingerprint density at radius 2 is 2.17 bits per heavy atom. The summed E-state index contributed by atoms with van der Waals surface area (Å²) in [7, 11) is 0. The molecule has 0 unspecified atom stereocenters. The molecule has 0 aromatic carbocycles. The zero-order chi connectivity index (χ0) is 15.6. The number of fused-ring (bicyclic) bond motifs is 1. The number of likely N-dealkylation sites (tertiary alicyclic amines) is 2. The summed E-state index contributed by atoms with van der Waals surface area (Å²) >= 11 is 0. The zero-order valence-corrected chi connectivity index (χ0v) is 13.7. The largest absolute Gasteiger partial charge is 0.465 e. The van der Waals surface area contributed by atoms with Crippen LogP contribution >= 0.6 is 0 Å². The quantitative estimate of drug-likeness (QED) is 0.857. The zero-order valence-electron chi connectivity index (χ0n) is 13.7. The van der Waals surface area contributed by atoms with Gasteiger partial charge in [-0.1, -0.05) is 6.08 Å². The summed E-state index contributed by atoms with van der Waals surface area (Å²) in [5, 5.41) is 0. The summed E-state index contributed by atoms with van der Waals surface area (Å²) in [5.74, 6) is 2.38. The lowest BCUT2D eigenvalue weighted by Gasteiger charge is -2.47. The van der Waals surface area contributed by atoms with Crippen LogP contribution in [0.25, 0.3) is 6.08 Å². The fraction of sp³-hybridized carbons (Fsp3) is 0.632. The molecule has 3 aliphatic rings. The molecule has 1 aromatic rings. The number of furan rings is 1. The lowest BCUT2D eigenvalue weighted by molar-refractivity contribution is -0.136. The minimum atomic E-state index is 0.363. The van der Waals surface area contributed by atoms with E-state index in [1.807, 2.05) is 12.1 Å². The van der Waals surface area contributed by atoms with Crippen LogP contribution in [0, 0.1) is 11.8 Å². The molecule has 0 N–H and O–H groups in total. The number of hydrogen-bond donors (Lipinski definition) is 0. The van der Waals surface area contributed by atoms with Crippen LogP contribution in [0.1, 0.15) is 37.9 Å². The van der Waals surface area contributed by atoms with Crippen LogP contribution in [0.2, 0.25) is 0 Å². The SMILES string of the molecule is O=C(C1CC1)N1CC[C@H]2[C@H](CCCN2C/C=C/c2ccco2)C1. The van der Waals surface area contributed by atoms with Crippen molar-refractivity contribution in [2.45, 2.75) is 38.1 Å². The van der Waals surface area contributed by atoms with Crippen molar-refractivity contribution in [2.24, 2.45) is 11.8 Å². The van der Waals surface area contributed by atoms with E-state index in [-0.39, 0.29) is 0 Å². The summed E-state index contributed by atoms with van der Waals surface area (Å²) in [6, 6.07) is 4.55. The Balaban J connectivity index is 1.34. The third-order valence-corrected chi connectivity index (χ3v) is 5.59. The molecule has 1 amide bonds. The molecule has 3 heterocycles. The van der Waals surface area contributed by atoms with E-state index in [1.165, 1.54) is 19.4 Å². The van der Waals surface area contributed by atoms with E-state index < -0.39 is 0 Å². The van der Waals surface area contributed by atoms with Gasteiger partial charge in [-0.15, -0.1) is 0 Å². The van der Waals surface area contributed by atoms with Crippen molar-refractivity contribution in [3.8, 4) is 0 Å². The van der Waals surface area contributed by atoms with Crippen molar-refractivity contribution in [1.29, 1.82) is 0 Å². The van der Waals surface area contributed by atoms with Crippen LogP contribution in [0.15, 0.2) is 28.9 Å². The molecule has 2 saturated heterocycles. The summed E-state index contributed by atoms with van der Waals surface area (Å²) in [6.07, 6.45) is 11.9.